The summed E-state index contributed by atoms with van der Waals surface area (Å²) in [6.07, 6.45) is 73.0. The number of unbranched alkanes of at least 4 members (excludes halogenated alkanes) is 16. The van der Waals surface area contributed by atoms with Gasteiger partial charge in [-0.25, -0.2) is 0 Å². The van der Waals surface area contributed by atoms with E-state index in [-0.39, 0.29) is 44.0 Å². The molecule has 65 heavy (non-hydrogen) atoms. The van der Waals surface area contributed by atoms with Gasteiger partial charge in [-0.15, -0.1) is 0 Å². The van der Waals surface area contributed by atoms with Crippen molar-refractivity contribution in [1.29, 1.82) is 0 Å². The molecule has 0 rings (SSSR count). The predicted octanol–water partition coefficient (Wildman–Crippen LogP) is 17.1. The third-order valence-corrected chi connectivity index (χ3v) is 10.3. The summed E-state index contributed by atoms with van der Waals surface area (Å²) < 4.78 is 16.7. The van der Waals surface area contributed by atoms with Gasteiger partial charge in [-0.3, -0.25) is 14.4 Å². The molecule has 0 bridgehead atoms. The molecule has 0 aromatic rings. The van der Waals surface area contributed by atoms with E-state index in [1.807, 2.05) is 54.7 Å². The van der Waals surface area contributed by atoms with E-state index >= 15 is 0 Å². The maximum absolute atomic E-state index is 12.8. The van der Waals surface area contributed by atoms with Crippen molar-refractivity contribution < 1.29 is 28.6 Å². The molecule has 0 N–H and O–H groups in total. The van der Waals surface area contributed by atoms with Crippen LogP contribution in [0.15, 0.2) is 134 Å². The summed E-state index contributed by atoms with van der Waals surface area (Å²) in [6.45, 7) is 6.25. The molecule has 0 saturated heterocycles. The van der Waals surface area contributed by atoms with Gasteiger partial charge >= 0.3 is 17.9 Å². The molecule has 6 nitrogen and oxygen atoms in total. The highest BCUT2D eigenvalue weighted by Crippen LogP contribution is 2.12. The zero-order chi connectivity index (χ0) is 47.2. The fourth-order valence-corrected chi connectivity index (χ4v) is 6.45. The average Bonchev–Trinajstić information content (AvgIpc) is 3.30. The Hall–Kier alpha value is -4.45. The molecule has 0 amide bonds. The lowest BCUT2D eigenvalue weighted by molar-refractivity contribution is -0.167. The quantitative estimate of drug-likeness (QED) is 0.0199. The van der Waals surface area contributed by atoms with Crippen molar-refractivity contribution in [1.82, 2.24) is 0 Å². The monoisotopic (exact) mass is 897 g/mol. The number of ether oxygens (including phenoxy) is 3. The number of hydrogen-bond donors (Lipinski definition) is 0. The summed E-state index contributed by atoms with van der Waals surface area (Å²) in [5.74, 6) is -1.06. The molecular formula is C59H92O6. The van der Waals surface area contributed by atoms with E-state index < -0.39 is 6.10 Å². The van der Waals surface area contributed by atoms with E-state index in [4.69, 9.17) is 14.2 Å². The van der Waals surface area contributed by atoms with Crippen LogP contribution in [0.3, 0.4) is 0 Å². The predicted molar refractivity (Wildman–Crippen MR) is 279 cm³/mol. The summed E-state index contributed by atoms with van der Waals surface area (Å²) in [4.78, 5) is 38.0. The van der Waals surface area contributed by atoms with E-state index in [9.17, 15) is 14.4 Å². The summed E-state index contributed by atoms with van der Waals surface area (Å²) in [6, 6.07) is 0. The van der Waals surface area contributed by atoms with Gasteiger partial charge in [0.2, 0.25) is 0 Å². The molecule has 1 unspecified atom stereocenters. The second-order valence-electron chi connectivity index (χ2n) is 16.5. The minimum Gasteiger partial charge on any atom is -0.462 e. The fraction of sp³-hybridized carbons (Fsp3) is 0.576. The van der Waals surface area contributed by atoms with E-state index in [2.05, 4.69) is 99.8 Å². The lowest BCUT2D eigenvalue weighted by Gasteiger charge is -2.18. The number of carbonyl (C=O) groups is 3. The van der Waals surface area contributed by atoms with Crippen LogP contribution in [0, 0.1) is 0 Å². The molecule has 0 fully saturated rings. The number of hydrogen-bond acceptors (Lipinski definition) is 6. The first-order valence-electron chi connectivity index (χ1n) is 25.8. The van der Waals surface area contributed by atoms with Gasteiger partial charge in [0.15, 0.2) is 6.10 Å². The van der Waals surface area contributed by atoms with Crippen LogP contribution >= 0.6 is 0 Å². The Kier molecular flexibility index (Phi) is 48.6. The van der Waals surface area contributed by atoms with Crippen molar-refractivity contribution in [2.75, 3.05) is 13.2 Å². The Morgan fingerprint density at radius 2 is 0.692 bits per heavy atom. The van der Waals surface area contributed by atoms with Crippen LogP contribution in [0.5, 0.6) is 0 Å². The SMILES string of the molecule is CC/C=C/C=C/C=C/C=C/C=C/CCCC(=O)OCC(COC(=O)CCCCCCC/C=C/C=C/CCCCCCCCC)OC(=O)CCCCC/C=C/C/C=C/C/C=C/C/C=C/CC. The highest BCUT2D eigenvalue weighted by atomic mass is 16.6. The lowest BCUT2D eigenvalue weighted by Crippen LogP contribution is -2.30. The Bertz CT molecular complexity index is 1450. The van der Waals surface area contributed by atoms with Crippen molar-refractivity contribution in [3.63, 3.8) is 0 Å². The molecule has 1 atom stereocenters. The summed E-state index contributed by atoms with van der Waals surface area (Å²) >= 11 is 0. The molecular weight excluding hydrogens is 805 g/mol. The smallest absolute Gasteiger partial charge is 0.306 e. The second kappa shape index (κ2) is 52.2. The lowest BCUT2D eigenvalue weighted by atomic mass is 10.1. The van der Waals surface area contributed by atoms with Crippen LogP contribution in [-0.2, 0) is 28.6 Å². The summed E-state index contributed by atoms with van der Waals surface area (Å²) in [7, 11) is 0. The van der Waals surface area contributed by atoms with Crippen molar-refractivity contribution in [3.05, 3.63) is 134 Å². The van der Waals surface area contributed by atoms with E-state index in [1.165, 1.54) is 51.4 Å². The molecule has 0 radical (unpaired) electrons. The minimum atomic E-state index is -0.835. The first kappa shape index (κ1) is 60.5. The third kappa shape index (κ3) is 50.4. The van der Waals surface area contributed by atoms with Crippen LogP contribution in [-0.4, -0.2) is 37.2 Å². The van der Waals surface area contributed by atoms with Crippen molar-refractivity contribution in [3.8, 4) is 0 Å². The third-order valence-electron chi connectivity index (χ3n) is 10.3. The molecule has 0 saturated carbocycles. The van der Waals surface area contributed by atoms with Crippen LogP contribution in [0.2, 0.25) is 0 Å². The van der Waals surface area contributed by atoms with Crippen LogP contribution < -0.4 is 0 Å². The molecule has 6 heteroatoms. The van der Waals surface area contributed by atoms with Crippen molar-refractivity contribution in [2.45, 2.75) is 207 Å². The van der Waals surface area contributed by atoms with Gasteiger partial charge in [0, 0.05) is 19.3 Å². The number of carbonyl (C=O) groups excluding carboxylic acids is 3. The zero-order valence-corrected chi connectivity index (χ0v) is 41.4. The van der Waals surface area contributed by atoms with Gasteiger partial charge in [0.25, 0.3) is 0 Å². The topological polar surface area (TPSA) is 78.9 Å². The Labute approximate surface area is 398 Å². The first-order valence-corrected chi connectivity index (χ1v) is 25.8. The van der Waals surface area contributed by atoms with E-state index in [0.29, 0.717) is 19.3 Å². The number of esters is 3. The van der Waals surface area contributed by atoms with Gasteiger partial charge < -0.3 is 14.2 Å². The summed E-state index contributed by atoms with van der Waals surface area (Å²) in [5, 5.41) is 0. The molecule has 0 aromatic heterocycles. The first-order chi connectivity index (χ1) is 32.0. The minimum absolute atomic E-state index is 0.127. The zero-order valence-electron chi connectivity index (χ0n) is 41.4. The molecule has 0 aliphatic heterocycles. The summed E-state index contributed by atoms with van der Waals surface area (Å²) in [5.41, 5.74) is 0. The second-order valence-corrected chi connectivity index (χ2v) is 16.5. The fourth-order valence-electron chi connectivity index (χ4n) is 6.45. The Balaban J connectivity index is 4.57. The van der Waals surface area contributed by atoms with Gasteiger partial charge in [0.05, 0.1) is 0 Å². The average molecular weight is 897 g/mol. The standard InChI is InChI=1S/C59H92O6/c1-4-7-10-13-16-19-22-25-27-29-30-32-34-37-40-43-46-49-52-58(61)64-55-56(54-63-57(60)51-48-45-42-39-36-33-24-21-18-15-12-9-6-3)65-59(62)53-50-47-44-41-38-35-31-28-26-23-20-17-14-11-8-5-2/h8-9,11-12,15,17-18,20-21,24,26-30,32-33,35-36,38-39,42,56H,4-7,10,13-14,16,19,22-23,25,31,34,37,40-41,43-55H2,1-3H3/b11-8+,12-9+,18-15+,20-17+,24-21+,28-26+,29-27+,32-30+,36-33+,38-35+,42-39+. The molecule has 364 valence electrons. The number of allylic oxidation sites excluding steroid dienone is 22. The molecule has 0 aromatic carbocycles. The maximum Gasteiger partial charge on any atom is 0.306 e. The molecule has 0 spiro atoms. The van der Waals surface area contributed by atoms with Crippen LogP contribution in [0.4, 0.5) is 0 Å². The van der Waals surface area contributed by atoms with E-state index in [0.717, 1.165) is 96.3 Å². The highest BCUT2D eigenvalue weighted by Gasteiger charge is 2.19. The normalized spacial score (nSPS) is 13.2. The van der Waals surface area contributed by atoms with Gasteiger partial charge in [-0.2, -0.15) is 0 Å². The number of rotatable bonds is 44. The molecule has 0 aliphatic carbocycles. The van der Waals surface area contributed by atoms with Gasteiger partial charge in [-0.1, -0.05) is 219 Å². The van der Waals surface area contributed by atoms with Gasteiger partial charge in [0.1, 0.15) is 13.2 Å². The van der Waals surface area contributed by atoms with Gasteiger partial charge in [-0.05, 0) is 96.3 Å². The Morgan fingerprint density at radius 1 is 0.338 bits per heavy atom. The highest BCUT2D eigenvalue weighted by molar-refractivity contribution is 5.71. The van der Waals surface area contributed by atoms with Crippen molar-refractivity contribution in [2.24, 2.45) is 0 Å². The van der Waals surface area contributed by atoms with Crippen molar-refractivity contribution >= 4 is 17.9 Å². The van der Waals surface area contributed by atoms with Crippen LogP contribution in [0.25, 0.3) is 0 Å². The van der Waals surface area contributed by atoms with Crippen LogP contribution in [0.1, 0.15) is 201 Å². The molecule has 0 heterocycles. The maximum atomic E-state index is 12.8. The largest absolute Gasteiger partial charge is 0.462 e. The molecule has 0 aliphatic rings. The Morgan fingerprint density at radius 3 is 1.22 bits per heavy atom. The van der Waals surface area contributed by atoms with E-state index in [1.54, 1.807) is 0 Å².